The predicted octanol–water partition coefficient (Wildman–Crippen LogP) is 7.09. The van der Waals surface area contributed by atoms with E-state index in [-0.39, 0.29) is 17.7 Å². The van der Waals surface area contributed by atoms with Crippen molar-refractivity contribution in [1.29, 1.82) is 0 Å². The van der Waals surface area contributed by atoms with Crippen LogP contribution in [0, 0.1) is 5.92 Å². The molecule has 1 N–H and O–H groups in total. The van der Waals surface area contributed by atoms with Gasteiger partial charge in [0, 0.05) is 51.6 Å². The number of ether oxygens (including phenoxy) is 4. The maximum Gasteiger partial charge on any atom is 0.352 e. The molecule has 2 aliphatic heterocycles. The number of methoxy groups -OCH3 is 2. The Morgan fingerprint density at radius 1 is 0.896 bits per heavy atom. The number of carbonyl (C=O) groups is 2. The zero-order valence-corrected chi connectivity index (χ0v) is 29.2. The van der Waals surface area contributed by atoms with Crippen molar-refractivity contribution in [2.24, 2.45) is 5.92 Å². The molecule has 0 spiro atoms. The van der Waals surface area contributed by atoms with Gasteiger partial charge in [-0.25, -0.2) is 9.59 Å². The van der Waals surface area contributed by atoms with Gasteiger partial charge in [0.25, 0.3) is 5.79 Å². The van der Waals surface area contributed by atoms with Gasteiger partial charge in [-0.15, -0.1) is 0 Å². The molecule has 1 unspecified atom stereocenters. The summed E-state index contributed by atoms with van der Waals surface area (Å²) in [5, 5.41) is 3.43. The number of likely N-dealkylation sites (tertiary alicyclic amines) is 1. The van der Waals surface area contributed by atoms with Crippen LogP contribution in [0.5, 0.6) is 11.5 Å². The fourth-order valence-corrected chi connectivity index (χ4v) is 6.52. The van der Waals surface area contributed by atoms with Crippen molar-refractivity contribution in [2.45, 2.75) is 78.3 Å². The Morgan fingerprint density at radius 2 is 1.52 bits per heavy atom. The van der Waals surface area contributed by atoms with E-state index in [0.717, 1.165) is 37.9 Å². The minimum Gasteiger partial charge on any atom is -0.497 e. The Labute approximate surface area is 284 Å². The maximum absolute atomic E-state index is 13.7. The molecule has 2 fully saturated rings. The molecule has 0 aliphatic carbocycles. The Morgan fingerprint density at radius 3 is 2.10 bits per heavy atom. The highest BCUT2D eigenvalue weighted by atomic mass is 16.7. The first-order chi connectivity index (χ1) is 23.0. The van der Waals surface area contributed by atoms with Crippen molar-refractivity contribution in [3.05, 3.63) is 101 Å². The standard InChI is InChI=1S/C39H49N3O6/c1-26(2)23-28-13-15-29(16-14-28)25-42(31-19-21-41(22-20-31)27(3)30-11-9-8-10-12-30)36(35-37(43)47-39(4,5)48-38(35)44)40-33-18-17-32(45-6)24-34(33)46-7/h8-18,24,26-27,31,40H,19-23,25H2,1-7H3. The van der Waals surface area contributed by atoms with Gasteiger partial charge in [-0.05, 0) is 60.9 Å². The molecule has 48 heavy (non-hydrogen) atoms. The van der Waals surface area contributed by atoms with Crippen LogP contribution in [0.1, 0.15) is 70.2 Å². The van der Waals surface area contributed by atoms with Gasteiger partial charge < -0.3 is 29.2 Å². The number of esters is 2. The van der Waals surface area contributed by atoms with Gasteiger partial charge in [-0.2, -0.15) is 0 Å². The molecular weight excluding hydrogens is 606 g/mol. The van der Waals surface area contributed by atoms with E-state index in [1.165, 1.54) is 11.1 Å². The van der Waals surface area contributed by atoms with Crippen molar-refractivity contribution < 1.29 is 28.5 Å². The second-order valence-corrected chi connectivity index (χ2v) is 13.5. The maximum atomic E-state index is 13.7. The molecule has 2 saturated heterocycles. The SMILES string of the molecule is COc1ccc(NC(=C2C(=O)OC(C)(C)OC2=O)N(Cc2ccc(CC(C)C)cc2)C2CCN(C(C)c3ccccc3)CC2)c(OC)c1. The van der Waals surface area contributed by atoms with E-state index in [4.69, 9.17) is 18.9 Å². The van der Waals surface area contributed by atoms with Crippen LogP contribution < -0.4 is 14.8 Å². The first-order valence-corrected chi connectivity index (χ1v) is 16.8. The number of anilines is 1. The summed E-state index contributed by atoms with van der Waals surface area (Å²) in [5.74, 6) is -0.875. The normalized spacial score (nSPS) is 17.4. The molecular formula is C39H49N3O6. The van der Waals surface area contributed by atoms with Crippen molar-refractivity contribution in [3.8, 4) is 11.5 Å². The molecule has 5 rings (SSSR count). The first-order valence-electron chi connectivity index (χ1n) is 16.8. The summed E-state index contributed by atoms with van der Waals surface area (Å²) >= 11 is 0. The fraction of sp³-hybridized carbons (Fsp3) is 0.436. The van der Waals surface area contributed by atoms with Crippen LogP contribution in [0.4, 0.5) is 5.69 Å². The minimum absolute atomic E-state index is 0.00524. The molecule has 256 valence electrons. The highest BCUT2D eigenvalue weighted by Crippen LogP contribution is 2.36. The molecule has 3 aromatic rings. The quantitative estimate of drug-likeness (QED) is 0.125. The zero-order valence-electron chi connectivity index (χ0n) is 29.2. The number of carbonyl (C=O) groups excluding carboxylic acids is 2. The van der Waals surface area contributed by atoms with Crippen molar-refractivity contribution in [1.82, 2.24) is 9.80 Å². The van der Waals surface area contributed by atoms with Crippen molar-refractivity contribution >= 4 is 17.6 Å². The van der Waals surface area contributed by atoms with Gasteiger partial charge in [0.1, 0.15) is 17.3 Å². The Balaban J connectivity index is 1.56. The van der Waals surface area contributed by atoms with Gasteiger partial charge in [0.2, 0.25) is 0 Å². The average Bonchev–Trinajstić information content (AvgIpc) is 3.06. The van der Waals surface area contributed by atoms with E-state index >= 15 is 0 Å². The average molecular weight is 656 g/mol. The lowest BCUT2D eigenvalue weighted by Gasteiger charge is -2.43. The predicted molar refractivity (Wildman–Crippen MR) is 186 cm³/mol. The Hall–Kier alpha value is -4.50. The summed E-state index contributed by atoms with van der Waals surface area (Å²) < 4.78 is 22.4. The summed E-state index contributed by atoms with van der Waals surface area (Å²) in [6, 6.07) is 24.7. The Bertz CT molecular complexity index is 1570. The number of piperidine rings is 1. The van der Waals surface area contributed by atoms with Crippen molar-refractivity contribution in [2.75, 3.05) is 32.6 Å². The van der Waals surface area contributed by atoms with E-state index in [1.807, 2.05) is 12.1 Å². The smallest absolute Gasteiger partial charge is 0.352 e. The van der Waals surface area contributed by atoms with E-state index < -0.39 is 17.7 Å². The summed E-state index contributed by atoms with van der Waals surface area (Å²) in [6.45, 7) is 11.9. The number of hydrogen-bond acceptors (Lipinski definition) is 9. The summed E-state index contributed by atoms with van der Waals surface area (Å²) in [7, 11) is 3.16. The summed E-state index contributed by atoms with van der Waals surface area (Å²) in [6.07, 6.45) is 2.62. The lowest BCUT2D eigenvalue weighted by atomic mass is 9.97. The molecule has 0 radical (unpaired) electrons. The highest BCUT2D eigenvalue weighted by Gasteiger charge is 2.43. The van der Waals surface area contributed by atoms with Crippen LogP contribution in [0.3, 0.4) is 0 Å². The van der Waals surface area contributed by atoms with E-state index in [0.29, 0.717) is 35.5 Å². The molecule has 2 heterocycles. The minimum atomic E-state index is -1.38. The molecule has 0 saturated carbocycles. The third-order valence-corrected chi connectivity index (χ3v) is 9.06. The van der Waals surface area contributed by atoms with Crippen LogP contribution in [-0.2, 0) is 32.0 Å². The molecule has 9 heteroatoms. The second kappa shape index (κ2) is 15.2. The number of cyclic esters (lactones) is 2. The summed E-state index contributed by atoms with van der Waals surface area (Å²) in [5.41, 5.74) is 4.00. The number of nitrogens with one attached hydrogen (secondary N) is 1. The third kappa shape index (κ3) is 8.31. The highest BCUT2D eigenvalue weighted by molar-refractivity contribution is 6.16. The molecule has 0 amide bonds. The third-order valence-electron chi connectivity index (χ3n) is 9.06. The van der Waals surface area contributed by atoms with Gasteiger partial charge >= 0.3 is 11.9 Å². The summed E-state index contributed by atoms with van der Waals surface area (Å²) in [4.78, 5) is 32.0. The monoisotopic (exact) mass is 655 g/mol. The first kappa shape index (κ1) is 34.8. The number of rotatable bonds is 12. The molecule has 9 nitrogen and oxygen atoms in total. The lowest BCUT2D eigenvalue weighted by molar-refractivity contribution is -0.222. The van der Waals surface area contributed by atoms with Crippen LogP contribution in [0.2, 0.25) is 0 Å². The zero-order chi connectivity index (χ0) is 34.4. The molecule has 3 aromatic carbocycles. The van der Waals surface area contributed by atoms with Gasteiger partial charge in [0.05, 0.1) is 19.9 Å². The number of nitrogens with zero attached hydrogens (tertiary/aromatic N) is 2. The van der Waals surface area contributed by atoms with Gasteiger partial charge in [-0.1, -0.05) is 68.4 Å². The van der Waals surface area contributed by atoms with Crippen LogP contribution in [0.15, 0.2) is 84.2 Å². The van der Waals surface area contributed by atoms with Gasteiger partial charge in [0.15, 0.2) is 5.57 Å². The number of benzene rings is 3. The number of hydrogen-bond donors (Lipinski definition) is 1. The lowest BCUT2D eigenvalue weighted by Crippen LogP contribution is -2.49. The second-order valence-electron chi connectivity index (χ2n) is 13.5. The van der Waals surface area contributed by atoms with E-state index in [9.17, 15) is 9.59 Å². The fourth-order valence-electron chi connectivity index (χ4n) is 6.52. The molecule has 2 aliphatic rings. The van der Waals surface area contributed by atoms with Crippen LogP contribution >= 0.6 is 0 Å². The van der Waals surface area contributed by atoms with E-state index in [1.54, 1.807) is 40.2 Å². The van der Waals surface area contributed by atoms with Crippen LogP contribution in [0.25, 0.3) is 0 Å². The van der Waals surface area contributed by atoms with Gasteiger partial charge in [-0.3, -0.25) is 4.90 Å². The molecule has 0 bridgehead atoms. The largest absolute Gasteiger partial charge is 0.497 e. The molecule has 1 atom stereocenters. The van der Waals surface area contributed by atoms with E-state index in [2.05, 4.69) is 84.4 Å². The topological polar surface area (TPSA) is 89.6 Å². The Kier molecular flexibility index (Phi) is 11.0. The molecule has 0 aromatic heterocycles. The van der Waals surface area contributed by atoms with Crippen LogP contribution in [-0.4, -0.2) is 60.9 Å². The van der Waals surface area contributed by atoms with Crippen molar-refractivity contribution in [3.63, 3.8) is 0 Å².